The van der Waals surface area contributed by atoms with Crippen LogP contribution in [-0.2, 0) is 19.1 Å². The van der Waals surface area contributed by atoms with Gasteiger partial charge in [0.15, 0.2) is 0 Å². The number of hydrogen-bond acceptors (Lipinski definition) is 5. The third kappa shape index (κ3) is 5.84. The molecule has 0 radical (unpaired) electrons. The minimum absolute atomic E-state index is 0.112. The Bertz CT molecular complexity index is 458. The summed E-state index contributed by atoms with van der Waals surface area (Å²) >= 11 is 0. The fourth-order valence-electron chi connectivity index (χ4n) is 3.02. The van der Waals surface area contributed by atoms with E-state index in [0.717, 1.165) is 19.3 Å². The second-order valence-electron chi connectivity index (χ2n) is 6.70. The minimum Gasteiger partial charge on any atom is -0.623 e. The van der Waals surface area contributed by atoms with Gasteiger partial charge in [0.1, 0.15) is 6.10 Å². The van der Waals surface area contributed by atoms with Gasteiger partial charge in [-0.25, -0.2) is 9.59 Å². The summed E-state index contributed by atoms with van der Waals surface area (Å²) < 4.78 is 10.6. The Kier molecular flexibility index (Phi) is 7.52. The van der Waals surface area contributed by atoms with Gasteiger partial charge >= 0.3 is 11.9 Å². The van der Waals surface area contributed by atoms with Gasteiger partial charge in [0.2, 0.25) is 6.54 Å². The topological polar surface area (TPSA) is 78.7 Å². The van der Waals surface area contributed by atoms with E-state index in [4.69, 9.17) is 9.47 Å². The molecule has 0 aromatic rings. The Morgan fingerprint density at radius 1 is 1.30 bits per heavy atom. The van der Waals surface area contributed by atoms with Crippen molar-refractivity contribution in [3.05, 3.63) is 5.21 Å². The monoisotopic (exact) mass is 327 g/mol. The van der Waals surface area contributed by atoms with Crippen molar-refractivity contribution in [2.45, 2.75) is 60.0 Å². The largest absolute Gasteiger partial charge is 0.623 e. The lowest BCUT2D eigenvalue weighted by atomic mass is 9.75. The summed E-state index contributed by atoms with van der Waals surface area (Å²) in [4.78, 5) is 23.5. The highest BCUT2D eigenvalue weighted by atomic mass is 16.6. The van der Waals surface area contributed by atoms with Gasteiger partial charge in [-0.15, -0.1) is 0 Å². The summed E-state index contributed by atoms with van der Waals surface area (Å²) in [6.45, 7) is 9.14. The zero-order valence-corrected chi connectivity index (χ0v) is 14.8. The first-order chi connectivity index (χ1) is 10.8. The average molecular weight is 327 g/mol. The molecule has 0 amide bonds. The van der Waals surface area contributed by atoms with Crippen molar-refractivity contribution in [2.24, 2.45) is 17.8 Å². The summed E-state index contributed by atoms with van der Waals surface area (Å²) in [6, 6.07) is 0. The molecule has 0 bridgehead atoms. The molecule has 3 atom stereocenters. The van der Waals surface area contributed by atoms with Gasteiger partial charge in [-0.05, 0) is 37.5 Å². The summed E-state index contributed by atoms with van der Waals surface area (Å²) in [6.07, 6.45) is 2.81. The number of hydrogen-bond donors (Lipinski definition) is 0. The number of carbonyl (C=O) groups is 2. The maximum absolute atomic E-state index is 12.2. The zero-order chi connectivity index (χ0) is 17.6. The first-order valence-electron chi connectivity index (χ1n) is 8.41. The van der Waals surface area contributed by atoms with E-state index in [1.54, 1.807) is 6.92 Å². The Morgan fingerprint density at radius 3 is 2.52 bits per heavy atom. The van der Waals surface area contributed by atoms with Crippen LogP contribution in [-0.4, -0.2) is 41.6 Å². The second kappa shape index (κ2) is 8.89. The summed E-state index contributed by atoms with van der Waals surface area (Å²) in [5.74, 6) is -0.0577. The Balaban J connectivity index is 2.73. The van der Waals surface area contributed by atoms with Crippen LogP contribution in [0.4, 0.5) is 0 Å². The molecule has 6 heteroatoms. The van der Waals surface area contributed by atoms with Gasteiger partial charge in [-0.2, -0.15) is 4.74 Å². The molecule has 0 aliphatic heterocycles. The third-order valence-corrected chi connectivity index (χ3v) is 4.47. The molecule has 23 heavy (non-hydrogen) atoms. The van der Waals surface area contributed by atoms with E-state index in [-0.39, 0.29) is 18.4 Å². The molecule has 0 heterocycles. The van der Waals surface area contributed by atoms with Crippen LogP contribution in [0.15, 0.2) is 0 Å². The molecular formula is C17H29NO5. The van der Waals surface area contributed by atoms with Crippen molar-refractivity contribution < 1.29 is 23.8 Å². The van der Waals surface area contributed by atoms with Gasteiger partial charge in [0, 0.05) is 6.92 Å². The van der Waals surface area contributed by atoms with E-state index in [2.05, 4.69) is 20.8 Å². The molecular weight excluding hydrogens is 298 g/mol. The van der Waals surface area contributed by atoms with Crippen LogP contribution >= 0.6 is 0 Å². The fourth-order valence-corrected chi connectivity index (χ4v) is 3.02. The van der Waals surface area contributed by atoms with E-state index in [1.165, 1.54) is 6.92 Å². The van der Waals surface area contributed by atoms with Crippen LogP contribution in [0.3, 0.4) is 0 Å². The van der Waals surface area contributed by atoms with Crippen molar-refractivity contribution in [3.8, 4) is 0 Å². The highest BCUT2D eigenvalue weighted by Gasteiger charge is 2.34. The number of rotatable bonds is 6. The van der Waals surface area contributed by atoms with Crippen molar-refractivity contribution in [2.75, 3.05) is 13.2 Å². The van der Waals surface area contributed by atoms with Crippen LogP contribution < -0.4 is 0 Å². The first kappa shape index (κ1) is 19.5. The zero-order valence-electron chi connectivity index (χ0n) is 14.8. The molecule has 0 N–H and O–H groups in total. The van der Waals surface area contributed by atoms with Crippen LogP contribution in [0, 0.1) is 23.0 Å². The second-order valence-corrected chi connectivity index (χ2v) is 6.70. The maximum Gasteiger partial charge on any atom is 0.399 e. The summed E-state index contributed by atoms with van der Waals surface area (Å²) in [5, 5.41) is 11.9. The fraction of sp³-hybridized carbons (Fsp3) is 0.824. The molecule has 132 valence electrons. The maximum atomic E-state index is 12.2. The van der Waals surface area contributed by atoms with Gasteiger partial charge < -0.3 is 14.7 Å². The standard InChI is InChI=1S/C17H29NO5/c1-6-22-16(19)10-18(21)13(5)17(20)23-15-9-12(4)7-8-14(15)11(2)3/h11-12,14-15H,6-10H2,1-5H3/b18-13-/t12-,14+,15-/m1/s1. The van der Waals surface area contributed by atoms with Crippen LogP contribution in [0.2, 0.25) is 0 Å². The molecule has 0 aromatic carbocycles. The van der Waals surface area contributed by atoms with Crippen molar-refractivity contribution in [1.29, 1.82) is 0 Å². The lowest BCUT2D eigenvalue weighted by Gasteiger charge is -2.36. The van der Waals surface area contributed by atoms with Crippen LogP contribution in [0.1, 0.15) is 53.9 Å². The van der Waals surface area contributed by atoms with E-state index in [1.807, 2.05) is 0 Å². The Labute approximate surface area is 138 Å². The summed E-state index contributed by atoms with van der Waals surface area (Å²) in [7, 11) is 0. The predicted octanol–water partition coefficient (Wildman–Crippen LogP) is 2.52. The molecule has 6 nitrogen and oxygen atoms in total. The summed E-state index contributed by atoms with van der Waals surface area (Å²) in [5.41, 5.74) is -0.112. The first-order valence-corrected chi connectivity index (χ1v) is 8.41. The SMILES string of the molecule is CCOC(=O)C/[N+]([O-])=C(\C)C(=O)O[C@@H]1C[C@H](C)CC[C@H]1C(C)C. The van der Waals surface area contributed by atoms with Gasteiger partial charge in [-0.3, -0.25) is 0 Å². The Morgan fingerprint density at radius 2 is 1.96 bits per heavy atom. The molecule has 0 aromatic heterocycles. The molecule has 0 unspecified atom stereocenters. The van der Waals surface area contributed by atoms with Gasteiger partial charge in [0.25, 0.3) is 5.71 Å². The highest BCUT2D eigenvalue weighted by molar-refractivity contribution is 6.33. The quantitative estimate of drug-likeness (QED) is 0.246. The molecule has 1 rings (SSSR count). The van der Waals surface area contributed by atoms with E-state index in [0.29, 0.717) is 22.5 Å². The van der Waals surface area contributed by atoms with E-state index < -0.39 is 18.5 Å². The minimum atomic E-state index is -0.652. The lowest BCUT2D eigenvalue weighted by Crippen LogP contribution is -2.38. The predicted molar refractivity (Wildman–Crippen MR) is 87.0 cm³/mol. The normalized spacial score (nSPS) is 25.7. The molecule has 1 fully saturated rings. The third-order valence-electron chi connectivity index (χ3n) is 4.47. The number of esters is 2. The van der Waals surface area contributed by atoms with E-state index >= 15 is 0 Å². The molecule has 0 saturated heterocycles. The highest BCUT2D eigenvalue weighted by Crippen LogP contribution is 2.35. The Hall–Kier alpha value is -1.59. The van der Waals surface area contributed by atoms with Crippen molar-refractivity contribution in [3.63, 3.8) is 0 Å². The van der Waals surface area contributed by atoms with Gasteiger partial charge in [-0.1, -0.05) is 27.2 Å². The lowest BCUT2D eigenvalue weighted by molar-refractivity contribution is -0.448. The smallest absolute Gasteiger partial charge is 0.399 e. The molecule has 0 spiro atoms. The average Bonchev–Trinajstić information content (AvgIpc) is 2.46. The van der Waals surface area contributed by atoms with Crippen LogP contribution in [0.25, 0.3) is 0 Å². The number of ether oxygens (including phenoxy) is 2. The molecule has 1 aliphatic carbocycles. The molecule has 1 aliphatic rings. The van der Waals surface area contributed by atoms with E-state index in [9.17, 15) is 14.8 Å². The number of nitrogens with zero attached hydrogens (tertiary/aromatic N) is 1. The molecule has 1 saturated carbocycles. The van der Waals surface area contributed by atoms with Crippen molar-refractivity contribution in [1.82, 2.24) is 0 Å². The number of carbonyl (C=O) groups excluding carboxylic acids is 2. The van der Waals surface area contributed by atoms with Crippen LogP contribution in [0.5, 0.6) is 0 Å². The van der Waals surface area contributed by atoms with Crippen molar-refractivity contribution >= 4 is 17.7 Å². The van der Waals surface area contributed by atoms with Gasteiger partial charge in [0.05, 0.1) is 6.61 Å². The number of hydroxylamine groups is 1.